The number of ether oxygens (including phenoxy) is 1. The summed E-state index contributed by atoms with van der Waals surface area (Å²) in [7, 11) is -2.01. The van der Waals surface area contributed by atoms with E-state index in [0.717, 1.165) is 11.3 Å². The second kappa shape index (κ2) is 7.58. The van der Waals surface area contributed by atoms with Crippen LogP contribution in [0.2, 0.25) is 0 Å². The van der Waals surface area contributed by atoms with Crippen molar-refractivity contribution >= 4 is 33.0 Å². The van der Waals surface area contributed by atoms with Gasteiger partial charge in [-0.2, -0.15) is 0 Å². The van der Waals surface area contributed by atoms with Gasteiger partial charge in [0.2, 0.25) is 0 Å². The van der Waals surface area contributed by atoms with E-state index in [2.05, 4.69) is 10.0 Å². The first-order valence-corrected chi connectivity index (χ1v) is 9.25. The fraction of sp³-hybridized carbons (Fsp3) is 0.267. The quantitative estimate of drug-likeness (QED) is 0.799. The Morgan fingerprint density at radius 2 is 1.96 bits per heavy atom. The molecule has 1 atom stereocenters. The first kappa shape index (κ1) is 17.5. The summed E-state index contributed by atoms with van der Waals surface area (Å²) < 4.78 is 31.9. The van der Waals surface area contributed by atoms with Crippen LogP contribution in [0.4, 0.5) is 5.69 Å². The Labute approximate surface area is 139 Å². The fourth-order valence-corrected chi connectivity index (χ4v) is 3.96. The van der Waals surface area contributed by atoms with Crippen molar-refractivity contribution in [3.63, 3.8) is 0 Å². The lowest BCUT2D eigenvalue weighted by atomic mass is 10.2. The van der Waals surface area contributed by atoms with Crippen LogP contribution >= 0.6 is 11.3 Å². The molecule has 0 aliphatic carbocycles. The summed E-state index contributed by atoms with van der Waals surface area (Å²) in [5.41, 5.74) is 0.854. The largest absolute Gasteiger partial charge is 0.383 e. The molecule has 1 amide bonds. The number of carbonyl (C=O) groups excluding carboxylic acids is 1. The molecule has 0 bridgehead atoms. The van der Waals surface area contributed by atoms with Crippen LogP contribution in [0, 0.1) is 0 Å². The van der Waals surface area contributed by atoms with E-state index in [4.69, 9.17) is 4.74 Å². The van der Waals surface area contributed by atoms with Crippen molar-refractivity contribution in [1.82, 2.24) is 5.32 Å². The molecule has 0 saturated carbocycles. The zero-order valence-corrected chi connectivity index (χ0v) is 14.4. The van der Waals surface area contributed by atoms with Gasteiger partial charge in [0, 0.05) is 24.4 Å². The van der Waals surface area contributed by atoms with E-state index in [-0.39, 0.29) is 16.2 Å². The molecule has 8 heteroatoms. The normalized spacial score (nSPS) is 12.6. The molecular weight excluding hydrogens is 336 g/mol. The summed E-state index contributed by atoms with van der Waals surface area (Å²) in [5, 5.41) is 4.48. The summed E-state index contributed by atoms with van der Waals surface area (Å²) in [6.45, 7) is 2.26. The third-order valence-corrected chi connectivity index (χ3v) is 5.73. The predicted molar refractivity (Wildman–Crippen MR) is 90.4 cm³/mol. The van der Waals surface area contributed by atoms with Crippen LogP contribution in [0.25, 0.3) is 0 Å². The number of methoxy groups -OCH3 is 1. The minimum atomic E-state index is -3.58. The molecule has 1 aromatic heterocycles. The van der Waals surface area contributed by atoms with E-state index in [9.17, 15) is 13.2 Å². The van der Waals surface area contributed by atoms with Gasteiger partial charge >= 0.3 is 0 Å². The summed E-state index contributed by atoms with van der Waals surface area (Å²) in [5.74, 6) is -0.234. The fourth-order valence-electron chi connectivity index (χ4n) is 1.91. The van der Waals surface area contributed by atoms with Crippen molar-refractivity contribution in [2.75, 3.05) is 18.4 Å². The summed E-state index contributed by atoms with van der Waals surface area (Å²) in [4.78, 5) is 12.0. The van der Waals surface area contributed by atoms with Gasteiger partial charge in [-0.1, -0.05) is 6.07 Å². The third kappa shape index (κ3) is 4.78. The van der Waals surface area contributed by atoms with E-state index in [1.165, 1.54) is 6.07 Å². The number of benzene rings is 1. The van der Waals surface area contributed by atoms with Gasteiger partial charge in [0.15, 0.2) is 0 Å². The SMILES string of the molecule is COC[C@@H](C)NC(=O)c1ccc(NS(=O)(=O)c2cccs2)cc1. The third-order valence-electron chi connectivity index (χ3n) is 2.95. The molecule has 1 aromatic carbocycles. The van der Waals surface area contributed by atoms with E-state index < -0.39 is 10.0 Å². The standard InChI is InChI=1S/C15H18N2O4S2/c1-11(10-21-2)16-15(18)12-5-7-13(8-6-12)17-23(19,20)14-4-3-9-22-14/h3-9,11,17H,10H2,1-2H3,(H,16,18)/t11-/m1/s1. The zero-order valence-electron chi connectivity index (χ0n) is 12.8. The lowest BCUT2D eigenvalue weighted by molar-refractivity contribution is 0.0905. The summed E-state index contributed by atoms with van der Waals surface area (Å²) in [6.07, 6.45) is 0. The molecule has 0 fully saturated rings. The Balaban J connectivity index is 2.04. The van der Waals surface area contributed by atoms with Gasteiger partial charge in [-0.3, -0.25) is 9.52 Å². The van der Waals surface area contributed by atoms with Crippen LogP contribution in [-0.2, 0) is 14.8 Å². The smallest absolute Gasteiger partial charge is 0.271 e. The molecule has 124 valence electrons. The van der Waals surface area contributed by atoms with Gasteiger partial charge in [-0.25, -0.2) is 8.42 Å². The van der Waals surface area contributed by atoms with Gasteiger partial charge in [-0.15, -0.1) is 11.3 Å². The van der Waals surface area contributed by atoms with Crippen molar-refractivity contribution in [3.8, 4) is 0 Å². The molecule has 6 nitrogen and oxygen atoms in total. The average Bonchev–Trinajstić information content (AvgIpc) is 3.03. The number of amides is 1. The number of anilines is 1. The van der Waals surface area contributed by atoms with Crippen molar-refractivity contribution in [1.29, 1.82) is 0 Å². The maximum absolute atomic E-state index is 12.1. The van der Waals surface area contributed by atoms with Gasteiger partial charge in [-0.05, 0) is 42.6 Å². The molecule has 0 radical (unpaired) electrons. The highest BCUT2D eigenvalue weighted by molar-refractivity contribution is 7.94. The van der Waals surface area contributed by atoms with E-state index in [0.29, 0.717) is 17.9 Å². The Hall–Kier alpha value is -1.90. The van der Waals surface area contributed by atoms with E-state index >= 15 is 0 Å². The number of sulfonamides is 1. The molecular formula is C15H18N2O4S2. The monoisotopic (exact) mass is 354 g/mol. The minimum absolute atomic E-state index is 0.107. The Morgan fingerprint density at radius 1 is 1.26 bits per heavy atom. The molecule has 0 unspecified atom stereocenters. The van der Waals surface area contributed by atoms with E-state index in [1.54, 1.807) is 42.8 Å². The number of thiophene rings is 1. The lowest BCUT2D eigenvalue weighted by Gasteiger charge is -2.13. The Morgan fingerprint density at radius 3 is 2.52 bits per heavy atom. The van der Waals surface area contributed by atoms with Gasteiger partial charge in [0.1, 0.15) is 4.21 Å². The van der Waals surface area contributed by atoms with Gasteiger partial charge in [0.05, 0.1) is 6.61 Å². The van der Waals surface area contributed by atoms with Crippen LogP contribution in [0.5, 0.6) is 0 Å². The van der Waals surface area contributed by atoms with Gasteiger partial charge < -0.3 is 10.1 Å². The maximum atomic E-state index is 12.1. The van der Waals surface area contributed by atoms with Crippen molar-refractivity contribution in [2.45, 2.75) is 17.2 Å². The topological polar surface area (TPSA) is 84.5 Å². The predicted octanol–water partition coefficient (Wildman–Crippen LogP) is 2.31. The molecule has 2 aromatic rings. The molecule has 23 heavy (non-hydrogen) atoms. The highest BCUT2D eigenvalue weighted by atomic mass is 32.2. The van der Waals surface area contributed by atoms with Crippen LogP contribution in [-0.4, -0.2) is 34.1 Å². The second-order valence-corrected chi connectivity index (χ2v) is 7.80. The Kier molecular flexibility index (Phi) is 5.75. The summed E-state index contributed by atoms with van der Waals surface area (Å²) in [6, 6.07) is 9.36. The number of carbonyl (C=O) groups is 1. The molecule has 2 N–H and O–H groups in total. The molecule has 0 spiro atoms. The number of hydrogen-bond donors (Lipinski definition) is 2. The molecule has 0 saturated heterocycles. The van der Waals surface area contributed by atoms with Crippen molar-refractivity contribution in [3.05, 3.63) is 47.3 Å². The number of hydrogen-bond acceptors (Lipinski definition) is 5. The molecule has 0 aliphatic heterocycles. The van der Waals surface area contributed by atoms with Crippen molar-refractivity contribution in [2.24, 2.45) is 0 Å². The van der Waals surface area contributed by atoms with Crippen LogP contribution in [0.1, 0.15) is 17.3 Å². The van der Waals surface area contributed by atoms with Crippen molar-refractivity contribution < 1.29 is 17.9 Å². The van der Waals surface area contributed by atoms with Gasteiger partial charge in [0.25, 0.3) is 15.9 Å². The average molecular weight is 354 g/mol. The number of rotatable bonds is 7. The van der Waals surface area contributed by atoms with Crippen LogP contribution < -0.4 is 10.0 Å². The minimum Gasteiger partial charge on any atom is -0.383 e. The zero-order chi connectivity index (χ0) is 16.9. The summed E-state index contributed by atoms with van der Waals surface area (Å²) >= 11 is 1.14. The Bertz CT molecular complexity index is 740. The highest BCUT2D eigenvalue weighted by Gasteiger charge is 2.15. The number of nitrogens with one attached hydrogen (secondary N) is 2. The van der Waals surface area contributed by atoms with E-state index in [1.807, 2.05) is 6.92 Å². The first-order valence-electron chi connectivity index (χ1n) is 6.88. The first-order chi connectivity index (χ1) is 10.9. The molecule has 0 aliphatic rings. The lowest BCUT2D eigenvalue weighted by Crippen LogP contribution is -2.35. The van der Waals surface area contributed by atoms with Crippen LogP contribution in [0.15, 0.2) is 46.0 Å². The molecule has 1 heterocycles. The highest BCUT2D eigenvalue weighted by Crippen LogP contribution is 2.20. The maximum Gasteiger partial charge on any atom is 0.271 e. The van der Waals surface area contributed by atoms with Crippen LogP contribution in [0.3, 0.4) is 0 Å². The second-order valence-electron chi connectivity index (χ2n) is 4.94. The molecule has 2 rings (SSSR count).